The summed E-state index contributed by atoms with van der Waals surface area (Å²) in [7, 11) is 1.56. The summed E-state index contributed by atoms with van der Waals surface area (Å²) >= 11 is 6.10. The van der Waals surface area contributed by atoms with Crippen LogP contribution in [0.5, 0.6) is 0 Å². The molecule has 0 aliphatic heterocycles. The number of methoxy groups -OCH3 is 1. The molecule has 0 aliphatic rings. The molecule has 0 spiro atoms. The molecule has 5 heteroatoms. The van der Waals surface area contributed by atoms with Crippen LogP contribution in [0.4, 0.5) is 4.79 Å². The van der Waals surface area contributed by atoms with E-state index in [0.29, 0.717) is 11.6 Å². The molecule has 0 saturated heterocycles. The highest BCUT2D eigenvalue weighted by atomic mass is 35.5. The number of alkyl carbamates (subject to hydrolysis) is 1. The monoisotopic (exact) mass is 271 g/mol. The van der Waals surface area contributed by atoms with Crippen LogP contribution in [0.1, 0.15) is 25.5 Å². The van der Waals surface area contributed by atoms with Crippen molar-refractivity contribution in [3.63, 3.8) is 0 Å². The summed E-state index contributed by atoms with van der Waals surface area (Å²) < 4.78 is 10.6. The van der Waals surface area contributed by atoms with Gasteiger partial charge in [-0.05, 0) is 19.9 Å². The van der Waals surface area contributed by atoms with Gasteiger partial charge in [-0.3, -0.25) is 0 Å². The van der Waals surface area contributed by atoms with Gasteiger partial charge in [-0.15, -0.1) is 0 Å². The van der Waals surface area contributed by atoms with Crippen molar-refractivity contribution in [3.8, 4) is 0 Å². The maximum absolute atomic E-state index is 11.4. The number of amides is 1. The van der Waals surface area contributed by atoms with Gasteiger partial charge in [0.15, 0.2) is 0 Å². The molecule has 0 aliphatic carbocycles. The van der Waals surface area contributed by atoms with Crippen LogP contribution in [0.3, 0.4) is 0 Å². The van der Waals surface area contributed by atoms with Crippen molar-refractivity contribution < 1.29 is 14.3 Å². The summed E-state index contributed by atoms with van der Waals surface area (Å²) in [4.78, 5) is 11.4. The smallest absolute Gasteiger partial charge is 0.407 e. The molecule has 1 amide bonds. The minimum Gasteiger partial charge on any atom is -0.443 e. The summed E-state index contributed by atoms with van der Waals surface area (Å²) in [6.07, 6.45) is -1.28. The molecule has 0 radical (unpaired) electrons. The molecule has 2 unspecified atom stereocenters. The Morgan fingerprint density at radius 2 is 2.11 bits per heavy atom. The Morgan fingerprint density at radius 1 is 1.44 bits per heavy atom. The standard InChI is InChI=1S/C13H18ClNO3/c1-4-15-13(16)18-9(2)12(17-3)10-7-5-6-8-11(10)14/h5-9,12H,4H2,1-3H3,(H,15,16). The molecular weight excluding hydrogens is 254 g/mol. The molecule has 0 bridgehead atoms. The minimum absolute atomic E-state index is 0.388. The summed E-state index contributed by atoms with van der Waals surface area (Å²) in [6, 6.07) is 7.34. The second-order valence-electron chi connectivity index (χ2n) is 3.82. The zero-order valence-corrected chi connectivity index (χ0v) is 11.5. The number of hydrogen-bond donors (Lipinski definition) is 1. The number of halogens is 1. The fourth-order valence-corrected chi connectivity index (χ4v) is 1.94. The Bertz CT molecular complexity index is 398. The van der Waals surface area contributed by atoms with Gasteiger partial charge in [0.1, 0.15) is 12.2 Å². The molecular formula is C13H18ClNO3. The Balaban J connectivity index is 2.77. The number of rotatable bonds is 5. The highest BCUT2D eigenvalue weighted by Gasteiger charge is 2.24. The number of ether oxygens (including phenoxy) is 2. The zero-order chi connectivity index (χ0) is 13.5. The molecule has 1 N–H and O–H groups in total. The van der Waals surface area contributed by atoms with Gasteiger partial charge in [0.05, 0.1) is 0 Å². The third kappa shape index (κ3) is 3.89. The molecule has 0 heterocycles. The maximum Gasteiger partial charge on any atom is 0.407 e. The average molecular weight is 272 g/mol. The number of benzene rings is 1. The van der Waals surface area contributed by atoms with Gasteiger partial charge in [0.25, 0.3) is 0 Å². The Labute approximate surface area is 112 Å². The molecule has 1 aromatic carbocycles. The maximum atomic E-state index is 11.4. The first-order valence-electron chi connectivity index (χ1n) is 5.81. The lowest BCUT2D eigenvalue weighted by molar-refractivity contribution is -0.0146. The molecule has 4 nitrogen and oxygen atoms in total. The van der Waals surface area contributed by atoms with Crippen LogP contribution >= 0.6 is 11.6 Å². The highest BCUT2D eigenvalue weighted by Crippen LogP contribution is 2.28. The van der Waals surface area contributed by atoms with Crippen LogP contribution in [0.25, 0.3) is 0 Å². The predicted molar refractivity (Wildman–Crippen MR) is 70.8 cm³/mol. The van der Waals surface area contributed by atoms with Crippen molar-refractivity contribution in [3.05, 3.63) is 34.9 Å². The van der Waals surface area contributed by atoms with Crippen LogP contribution in [0.15, 0.2) is 24.3 Å². The fourth-order valence-electron chi connectivity index (χ4n) is 1.69. The van der Waals surface area contributed by atoms with E-state index in [2.05, 4.69) is 5.32 Å². The lowest BCUT2D eigenvalue weighted by Crippen LogP contribution is -2.31. The molecule has 2 atom stereocenters. The lowest BCUT2D eigenvalue weighted by atomic mass is 10.1. The third-order valence-corrected chi connectivity index (χ3v) is 2.85. The largest absolute Gasteiger partial charge is 0.443 e. The van der Waals surface area contributed by atoms with Crippen LogP contribution in [-0.4, -0.2) is 25.9 Å². The van der Waals surface area contributed by atoms with E-state index in [4.69, 9.17) is 21.1 Å². The Kier molecular flexibility index (Phi) is 5.95. The van der Waals surface area contributed by atoms with Gasteiger partial charge in [-0.2, -0.15) is 0 Å². The van der Waals surface area contributed by atoms with E-state index in [1.807, 2.05) is 25.1 Å². The van der Waals surface area contributed by atoms with Crippen molar-refractivity contribution in [2.75, 3.05) is 13.7 Å². The first-order valence-corrected chi connectivity index (χ1v) is 6.19. The van der Waals surface area contributed by atoms with Crippen molar-refractivity contribution in [1.82, 2.24) is 5.32 Å². The Morgan fingerprint density at radius 3 is 2.67 bits per heavy atom. The predicted octanol–water partition coefficient (Wildman–Crippen LogP) is 3.16. The average Bonchev–Trinajstić information content (AvgIpc) is 2.32. The van der Waals surface area contributed by atoms with Crippen LogP contribution < -0.4 is 5.32 Å². The molecule has 18 heavy (non-hydrogen) atoms. The van der Waals surface area contributed by atoms with Crippen molar-refractivity contribution in [2.24, 2.45) is 0 Å². The summed E-state index contributed by atoms with van der Waals surface area (Å²) in [5, 5.41) is 3.17. The van der Waals surface area contributed by atoms with E-state index in [1.165, 1.54) is 0 Å². The highest BCUT2D eigenvalue weighted by molar-refractivity contribution is 6.31. The SMILES string of the molecule is CCNC(=O)OC(C)C(OC)c1ccccc1Cl. The van der Waals surface area contributed by atoms with Gasteiger partial charge < -0.3 is 14.8 Å². The summed E-state index contributed by atoms with van der Waals surface area (Å²) in [5.74, 6) is 0. The van der Waals surface area contributed by atoms with E-state index >= 15 is 0 Å². The van der Waals surface area contributed by atoms with Crippen LogP contribution in [-0.2, 0) is 9.47 Å². The summed E-state index contributed by atoms with van der Waals surface area (Å²) in [5.41, 5.74) is 0.804. The number of carbonyl (C=O) groups is 1. The number of hydrogen-bond acceptors (Lipinski definition) is 3. The molecule has 1 aromatic rings. The zero-order valence-electron chi connectivity index (χ0n) is 10.8. The normalized spacial score (nSPS) is 13.8. The molecule has 0 saturated carbocycles. The quantitative estimate of drug-likeness (QED) is 0.895. The summed E-state index contributed by atoms with van der Waals surface area (Å²) in [6.45, 7) is 4.12. The van der Waals surface area contributed by atoms with Crippen LogP contribution in [0, 0.1) is 0 Å². The topological polar surface area (TPSA) is 47.6 Å². The molecule has 0 fully saturated rings. The van der Waals surface area contributed by atoms with Gasteiger partial charge in [0.2, 0.25) is 0 Å². The first-order chi connectivity index (χ1) is 8.60. The molecule has 100 valence electrons. The second-order valence-corrected chi connectivity index (χ2v) is 4.23. The second kappa shape index (κ2) is 7.24. The van der Waals surface area contributed by atoms with E-state index in [-0.39, 0.29) is 6.10 Å². The van der Waals surface area contributed by atoms with Gasteiger partial charge in [0, 0.05) is 24.2 Å². The first kappa shape index (κ1) is 14.8. The van der Waals surface area contributed by atoms with Crippen molar-refractivity contribution in [1.29, 1.82) is 0 Å². The Hall–Kier alpha value is -1.26. The number of nitrogens with one attached hydrogen (secondary N) is 1. The van der Waals surface area contributed by atoms with E-state index in [1.54, 1.807) is 20.1 Å². The van der Waals surface area contributed by atoms with Gasteiger partial charge in [-0.1, -0.05) is 29.8 Å². The third-order valence-electron chi connectivity index (χ3n) is 2.51. The van der Waals surface area contributed by atoms with Crippen LogP contribution in [0.2, 0.25) is 5.02 Å². The fraction of sp³-hybridized carbons (Fsp3) is 0.462. The van der Waals surface area contributed by atoms with Crippen molar-refractivity contribution in [2.45, 2.75) is 26.1 Å². The van der Waals surface area contributed by atoms with E-state index in [9.17, 15) is 4.79 Å². The van der Waals surface area contributed by atoms with Gasteiger partial charge in [-0.25, -0.2) is 4.79 Å². The van der Waals surface area contributed by atoms with Crippen molar-refractivity contribution >= 4 is 17.7 Å². The van der Waals surface area contributed by atoms with E-state index in [0.717, 1.165) is 5.56 Å². The van der Waals surface area contributed by atoms with Gasteiger partial charge >= 0.3 is 6.09 Å². The molecule has 1 rings (SSSR count). The lowest BCUT2D eigenvalue weighted by Gasteiger charge is -2.23. The minimum atomic E-state index is -0.459. The molecule has 0 aromatic heterocycles. The van der Waals surface area contributed by atoms with E-state index < -0.39 is 12.2 Å². The number of carbonyl (C=O) groups excluding carboxylic acids is 1.